The first-order valence-electron chi connectivity index (χ1n) is 8.42. The van der Waals surface area contributed by atoms with Crippen LogP contribution in [-0.4, -0.2) is 39.5 Å². The quantitative estimate of drug-likeness (QED) is 0.740. The van der Waals surface area contributed by atoms with Gasteiger partial charge < -0.3 is 9.30 Å². The van der Waals surface area contributed by atoms with Crippen LogP contribution in [-0.2, 0) is 31.9 Å². The lowest BCUT2D eigenvalue weighted by Crippen LogP contribution is -2.34. The lowest BCUT2D eigenvalue weighted by Gasteiger charge is -2.31. The number of para-hydroxylation sites is 1. The Hall–Kier alpha value is -2.11. The van der Waals surface area contributed by atoms with Crippen molar-refractivity contribution >= 4 is 10.9 Å². The van der Waals surface area contributed by atoms with Crippen LogP contribution in [0.4, 0.5) is 0 Å². The van der Waals surface area contributed by atoms with Crippen molar-refractivity contribution in [2.75, 3.05) is 20.3 Å². The Labute approximate surface area is 142 Å². The molecule has 3 aromatic rings. The molecular formula is C19H24N4O. The maximum atomic E-state index is 5.44. The summed E-state index contributed by atoms with van der Waals surface area (Å²) in [5.41, 5.74) is 5.20. The van der Waals surface area contributed by atoms with Gasteiger partial charge in [0.1, 0.15) is 0 Å². The third-order valence-corrected chi connectivity index (χ3v) is 4.94. The standard InChI is InChI=1S/C19H24N4O/c1-21-8-14(17-6-4-5-7-18(17)21)10-23-11-15-9-22(2)20-19(15)16(12-23)13-24-3/h4-9,16H,10-13H2,1-3H3. The van der Waals surface area contributed by atoms with Gasteiger partial charge in [-0.3, -0.25) is 9.58 Å². The van der Waals surface area contributed by atoms with E-state index in [9.17, 15) is 0 Å². The molecule has 0 radical (unpaired) electrons. The predicted molar refractivity (Wildman–Crippen MR) is 94.9 cm³/mol. The Bertz CT molecular complexity index is 864. The van der Waals surface area contributed by atoms with E-state index in [0.717, 1.165) is 26.2 Å². The van der Waals surface area contributed by atoms with Crippen LogP contribution in [0, 0.1) is 0 Å². The largest absolute Gasteiger partial charge is 0.384 e. The van der Waals surface area contributed by atoms with Crippen molar-refractivity contribution in [2.24, 2.45) is 14.1 Å². The van der Waals surface area contributed by atoms with Gasteiger partial charge in [0.15, 0.2) is 0 Å². The normalized spacial score (nSPS) is 18.2. The molecule has 2 aromatic heterocycles. The molecule has 5 nitrogen and oxygen atoms in total. The highest BCUT2D eigenvalue weighted by Gasteiger charge is 2.28. The van der Waals surface area contributed by atoms with Gasteiger partial charge >= 0.3 is 0 Å². The van der Waals surface area contributed by atoms with Crippen molar-refractivity contribution in [2.45, 2.75) is 19.0 Å². The minimum absolute atomic E-state index is 0.343. The van der Waals surface area contributed by atoms with E-state index in [-0.39, 0.29) is 0 Å². The van der Waals surface area contributed by atoms with E-state index >= 15 is 0 Å². The number of ether oxygens (including phenoxy) is 1. The van der Waals surface area contributed by atoms with E-state index in [0.29, 0.717) is 5.92 Å². The molecule has 1 atom stereocenters. The maximum absolute atomic E-state index is 5.44. The average Bonchev–Trinajstić information content (AvgIpc) is 3.09. The van der Waals surface area contributed by atoms with E-state index in [1.807, 2.05) is 11.7 Å². The second kappa shape index (κ2) is 6.07. The molecule has 24 heavy (non-hydrogen) atoms. The molecule has 0 fully saturated rings. The number of aromatic nitrogens is 3. The molecule has 1 aliphatic heterocycles. The van der Waals surface area contributed by atoms with Crippen LogP contribution in [0.5, 0.6) is 0 Å². The molecule has 0 bridgehead atoms. The van der Waals surface area contributed by atoms with Crippen LogP contribution in [0.15, 0.2) is 36.7 Å². The summed E-state index contributed by atoms with van der Waals surface area (Å²) in [6, 6.07) is 8.62. The zero-order valence-corrected chi connectivity index (χ0v) is 14.6. The summed E-state index contributed by atoms with van der Waals surface area (Å²) in [6.45, 7) is 3.61. The summed E-state index contributed by atoms with van der Waals surface area (Å²) >= 11 is 0. The van der Waals surface area contributed by atoms with Crippen molar-refractivity contribution in [3.05, 3.63) is 53.5 Å². The second-order valence-electron chi connectivity index (χ2n) is 6.82. The lowest BCUT2D eigenvalue weighted by molar-refractivity contribution is 0.134. The summed E-state index contributed by atoms with van der Waals surface area (Å²) in [5, 5.41) is 6.00. The second-order valence-corrected chi connectivity index (χ2v) is 6.82. The molecule has 4 rings (SSSR count). The Kier molecular flexibility index (Phi) is 3.90. The van der Waals surface area contributed by atoms with Crippen molar-refractivity contribution in [1.82, 2.24) is 19.2 Å². The van der Waals surface area contributed by atoms with Gasteiger partial charge in [0.2, 0.25) is 0 Å². The number of hydrogen-bond donors (Lipinski definition) is 0. The van der Waals surface area contributed by atoms with Crippen molar-refractivity contribution in [1.29, 1.82) is 0 Å². The van der Waals surface area contributed by atoms with Crippen molar-refractivity contribution in [3.8, 4) is 0 Å². The molecule has 0 amide bonds. The monoisotopic (exact) mass is 324 g/mol. The predicted octanol–water partition coefficient (Wildman–Crippen LogP) is 2.66. The maximum Gasteiger partial charge on any atom is 0.0736 e. The van der Waals surface area contributed by atoms with E-state index in [1.165, 1.54) is 27.7 Å². The topological polar surface area (TPSA) is 35.2 Å². The summed E-state index contributed by atoms with van der Waals surface area (Å²) in [6.07, 6.45) is 4.40. The molecule has 0 aliphatic carbocycles. The molecule has 0 N–H and O–H groups in total. The lowest BCUT2D eigenvalue weighted by atomic mass is 9.97. The SMILES string of the molecule is COCC1CN(Cc2cn(C)c3ccccc23)Cc2cn(C)nc21. The van der Waals surface area contributed by atoms with Crippen LogP contribution in [0.3, 0.4) is 0 Å². The van der Waals surface area contributed by atoms with Gasteiger partial charge in [-0.1, -0.05) is 18.2 Å². The number of aryl methyl sites for hydroxylation is 2. The van der Waals surface area contributed by atoms with E-state index in [2.05, 4.69) is 58.3 Å². The molecule has 3 heterocycles. The molecule has 126 valence electrons. The van der Waals surface area contributed by atoms with E-state index in [4.69, 9.17) is 4.74 Å². The van der Waals surface area contributed by atoms with Gasteiger partial charge in [-0.25, -0.2) is 0 Å². The third-order valence-electron chi connectivity index (χ3n) is 4.94. The van der Waals surface area contributed by atoms with Crippen molar-refractivity contribution in [3.63, 3.8) is 0 Å². The van der Waals surface area contributed by atoms with E-state index in [1.54, 1.807) is 7.11 Å². The van der Waals surface area contributed by atoms with Crippen molar-refractivity contribution < 1.29 is 4.74 Å². The van der Waals surface area contributed by atoms with Crippen LogP contribution < -0.4 is 0 Å². The van der Waals surface area contributed by atoms with Gasteiger partial charge in [0, 0.05) is 75.6 Å². The molecule has 0 saturated carbocycles. The molecule has 1 unspecified atom stereocenters. The van der Waals surface area contributed by atoms with Crippen LogP contribution >= 0.6 is 0 Å². The van der Waals surface area contributed by atoms with Gasteiger partial charge in [0.25, 0.3) is 0 Å². The zero-order valence-electron chi connectivity index (χ0n) is 14.6. The Morgan fingerprint density at radius 1 is 1.21 bits per heavy atom. The van der Waals surface area contributed by atoms with Gasteiger partial charge in [-0.2, -0.15) is 5.10 Å². The highest BCUT2D eigenvalue weighted by atomic mass is 16.5. The first kappa shape index (κ1) is 15.4. The zero-order chi connectivity index (χ0) is 16.7. The number of benzene rings is 1. The van der Waals surface area contributed by atoms with Crippen LogP contribution in [0.2, 0.25) is 0 Å². The summed E-state index contributed by atoms with van der Waals surface area (Å²) in [5.74, 6) is 0.343. The molecule has 1 aliphatic rings. The molecular weight excluding hydrogens is 300 g/mol. The molecule has 0 spiro atoms. The highest BCUT2D eigenvalue weighted by molar-refractivity contribution is 5.83. The van der Waals surface area contributed by atoms with Gasteiger partial charge in [-0.05, 0) is 11.6 Å². The summed E-state index contributed by atoms with van der Waals surface area (Å²) in [7, 11) is 5.89. The fraction of sp³-hybridized carbons (Fsp3) is 0.421. The Balaban J connectivity index is 1.63. The molecule has 1 aromatic carbocycles. The number of fused-ring (bicyclic) bond motifs is 2. The fourth-order valence-electron chi connectivity index (χ4n) is 3.97. The van der Waals surface area contributed by atoms with Crippen LogP contribution in [0.1, 0.15) is 22.7 Å². The minimum Gasteiger partial charge on any atom is -0.384 e. The van der Waals surface area contributed by atoms with Gasteiger partial charge in [0.05, 0.1) is 12.3 Å². The number of rotatable bonds is 4. The summed E-state index contributed by atoms with van der Waals surface area (Å²) < 4.78 is 9.58. The fourth-order valence-corrected chi connectivity index (χ4v) is 3.97. The number of nitrogens with zero attached hydrogens (tertiary/aromatic N) is 4. The summed E-state index contributed by atoms with van der Waals surface area (Å²) in [4.78, 5) is 2.51. The average molecular weight is 324 g/mol. The highest BCUT2D eigenvalue weighted by Crippen LogP contribution is 2.30. The number of methoxy groups -OCH3 is 1. The molecule has 5 heteroatoms. The first-order valence-corrected chi connectivity index (χ1v) is 8.42. The van der Waals surface area contributed by atoms with Crippen LogP contribution in [0.25, 0.3) is 10.9 Å². The third kappa shape index (κ3) is 2.64. The minimum atomic E-state index is 0.343. The first-order chi connectivity index (χ1) is 11.7. The number of hydrogen-bond acceptors (Lipinski definition) is 3. The Morgan fingerprint density at radius 2 is 2.04 bits per heavy atom. The Morgan fingerprint density at radius 3 is 2.88 bits per heavy atom. The van der Waals surface area contributed by atoms with Gasteiger partial charge in [-0.15, -0.1) is 0 Å². The van der Waals surface area contributed by atoms with E-state index < -0.39 is 0 Å². The molecule has 0 saturated heterocycles. The smallest absolute Gasteiger partial charge is 0.0736 e.